The quantitative estimate of drug-likeness (QED) is 0.541. The van der Waals surface area contributed by atoms with Gasteiger partial charge < -0.3 is 5.11 Å². The van der Waals surface area contributed by atoms with Crippen LogP contribution in [0.3, 0.4) is 0 Å². The van der Waals surface area contributed by atoms with Crippen molar-refractivity contribution in [3.8, 4) is 0 Å². The second-order valence-electron chi connectivity index (χ2n) is 10.2. The standard InChI is InChI=1S/C23H34O2/c1-14-11-20-18-6-5-16-12-17(25)7-9-22(16,3)19(18)8-10-23(20,4)21(14)15(2)13-24/h5,14,17-21,25H,6-12H2,1-4H3/t14-,17-,18?,19?,20?,21+,22-,23?/m0/s1. The minimum absolute atomic E-state index is 0.124. The SMILES string of the molecule is CC(=C=O)[C@H]1[C@@H](C)CC2C3CC=C4C[C@@H](O)CC[C@]4(C)C3CCC21C. The van der Waals surface area contributed by atoms with Crippen LogP contribution in [-0.4, -0.2) is 17.2 Å². The van der Waals surface area contributed by atoms with Gasteiger partial charge in [0.1, 0.15) is 5.94 Å². The number of allylic oxidation sites excluding steroid dienone is 2. The fourth-order valence-corrected chi connectivity index (χ4v) is 7.99. The molecule has 3 saturated carbocycles. The van der Waals surface area contributed by atoms with Crippen molar-refractivity contribution in [2.24, 2.45) is 40.4 Å². The predicted molar refractivity (Wildman–Crippen MR) is 101 cm³/mol. The predicted octanol–water partition coefficient (Wildman–Crippen LogP) is 4.95. The van der Waals surface area contributed by atoms with Crippen molar-refractivity contribution in [1.29, 1.82) is 0 Å². The molecule has 0 heterocycles. The first-order valence-corrected chi connectivity index (χ1v) is 10.4. The Bertz CT molecular complexity index is 642. The maximum atomic E-state index is 11.4. The van der Waals surface area contributed by atoms with Crippen LogP contribution in [-0.2, 0) is 4.79 Å². The van der Waals surface area contributed by atoms with E-state index in [-0.39, 0.29) is 11.5 Å². The highest BCUT2D eigenvalue weighted by molar-refractivity contribution is 5.53. The minimum Gasteiger partial charge on any atom is -0.393 e. The number of fused-ring (bicyclic) bond motifs is 5. The number of rotatable bonds is 1. The summed E-state index contributed by atoms with van der Waals surface area (Å²) in [5.74, 6) is 5.53. The highest BCUT2D eigenvalue weighted by Gasteiger charge is 2.60. The summed E-state index contributed by atoms with van der Waals surface area (Å²) >= 11 is 0. The Morgan fingerprint density at radius 2 is 2.00 bits per heavy atom. The molecule has 0 aromatic rings. The Balaban J connectivity index is 1.69. The molecule has 25 heavy (non-hydrogen) atoms. The van der Waals surface area contributed by atoms with E-state index < -0.39 is 0 Å². The average Bonchev–Trinajstić information content (AvgIpc) is 2.85. The Hall–Kier alpha value is -0.850. The molecule has 0 spiro atoms. The highest BCUT2D eigenvalue weighted by Crippen LogP contribution is 2.68. The number of aliphatic hydroxyl groups is 1. The number of carbonyl (C=O) groups excluding carboxylic acids is 1. The van der Waals surface area contributed by atoms with E-state index in [0.717, 1.165) is 42.6 Å². The van der Waals surface area contributed by atoms with Crippen molar-refractivity contribution < 1.29 is 9.90 Å². The monoisotopic (exact) mass is 342 g/mol. The van der Waals surface area contributed by atoms with Crippen LogP contribution in [0.2, 0.25) is 0 Å². The van der Waals surface area contributed by atoms with Crippen molar-refractivity contribution in [2.45, 2.75) is 78.7 Å². The molecule has 0 saturated heterocycles. The van der Waals surface area contributed by atoms with Gasteiger partial charge in [-0.15, -0.1) is 0 Å². The topological polar surface area (TPSA) is 37.3 Å². The molecule has 0 aromatic heterocycles. The fourth-order valence-electron chi connectivity index (χ4n) is 7.99. The van der Waals surface area contributed by atoms with Crippen molar-refractivity contribution in [1.82, 2.24) is 0 Å². The molecule has 0 aromatic carbocycles. The van der Waals surface area contributed by atoms with Crippen LogP contribution in [0.5, 0.6) is 0 Å². The van der Waals surface area contributed by atoms with E-state index in [0.29, 0.717) is 17.3 Å². The molecule has 2 heteroatoms. The molecule has 0 bridgehead atoms. The first kappa shape index (κ1) is 17.6. The Morgan fingerprint density at radius 3 is 2.72 bits per heavy atom. The normalized spacial score (nSPS) is 51.6. The van der Waals surface area contributed by atoms with Crippen LogP contribution in [0, 0.1) is 40.4 Å². The largest absolute Gasteiger partial charge is 0.393 e. The molecule has 138 valence electrons. The lowest BCUT2D eigenvalue weighted by Gasteiger charge is -2.58. The van der Waals surface area contributed by atoms with E-state index in [1.165, 1.54) is 25.7 Å². The molecule has 0 radical (unpaired) electrons. The first-order chi connectivity index (χ1) is 11.8. The fraction of sp³-hybridized carbons (Fsp3) is 0.826. The third kappa shape index (κ3) is 2.37. The van der Waals surface area contributed by atoms with Gasteiger partial charge in [0.05, 0.1) is 6.10 Å². The van der Waals surface area contributed by atoms with E-state index in [2.05, 4.69) is 32.8 Å². The van der Waals surface area contributed by atoms with Crippen LogP contribution >= 0.6 is 0 Å². The lowest BCUT2D eigenvalue weighted by Crippen LogP contribution is -2.50. The van der Waals surface area contributed by atoms with Gasteiger partial charge in [-0.1, -0.05) is 32.4 Å². The molecule has 0 amide bonds. The van der Waals surface area contributed by atoms with E-state index in [1.807, 2.05) is 6.92 Å². The van der Waals surface area contributed by atoms with Gasteiger partial charge >= 0.3 is 0 Å². The van der Waals surface area contributed by atoms with E-state index >= 15 is 0 Å². The van der Waals surface area contributed by atoms with E-state index in [4.69, 9.17) is 0 Å². The molecular formula is C23H34O2. The number of hydrogen-bond acceptors (Lipinski definition) is 2. The van der Waals surface area contributed by atoms with Crippen molar-refractivity contribution in [2.75, 3.05) is 0 Å². The van der Waals surface area contributed by atoms with Gasteiger partial charge in [0.2, 0.25) is 0 Å². The first-order valence-electron chi connectivity index (χ1n) is 10.4. The van der Waals surface area contributed by atoms with Crippen LogP contribution in [0.15, 0.2) is 17.2 Å². The second-order valence-corrected chi connectivity index (χ2v) is 10.2. The molecule has 4 unspecified atom stereocenters. The van der Waals surface area contributed by atoms with Crippen molar-refractivity contribution in [3.05, 3.63) is 17.2 Å². The molecular weight excluding hydrogens is 308 g/mol. The maximum absolute atomic E-state index is 11.4. The molecule has 0 aliphatic heterocycles. The molecule has 1 N–H and O–H groups in total. The molecule has 4 aliphatic rings. The summed E-state index contributed by atoms with van der Waals surface area (Å²) < 4.78 is 0. The van der Waals surface area contributed by atoms with E-state index in [1.54, 1.807) is 5.57 Å². The molecule has 4 rings (SSSR count). The second kappa shape index (κ2) is 5.83. The van der Waals surface area contributed by atoms with E-state index in [9.17, 15) is 9.90 Å². The van der Waals surface area contributed by atoms with Gasteiger partial charge in [-0.05, 0) is 92.3 Å². The van der Waals surface area contributed by atoms with Gasteiger partial charge in [-0.25, -0.2) is 4.79 Å². The molecule has 3 fully saturated rings. The number of aliphatic hydroxyl groups excluding tert-OH is 1. The van der Waals surface area contributed by atoms with Crippen LogP contribution < -0.4 is 0 Å². The average molecular weight is 343 g/mol. The summed E-state index contributed by atoms with van der Waals surface area (Å²) in [6, 6.07) is 0. The van der Waals surface area contributed by atoms with Gasteiger partial charge in [0.15, 0.2) is 0 Å². The summed E-state index contributed by atoms with van der Waals surface area (Å²) in [5, 5.41) is 10.1. The summed E-state index contributed by atoms with van der Waals surface area (Å²) in [7, 11) is 0. The minimum atomic E-state index is -0.124. The summed E-state index contributed by atoms with van der Waals surface area (Å²) in [6.45, 7) is 9.31. The number of hydrogen-bond donors (Lipinski definition) is 1. The van der Waals surface area contributed by atoms with Crippen LogP contribution in [0.1, 0.15) is 72.6 Å². The van der Waals surface area contributed by atoms with Crippen molar-refractivity contribution in [3.63, 3.8) is 0 Å². The Morgan fingerprint density at radius 1 is 1.24 bits per heavy atom. The maximum Gasteiger partial charge on any atom is 0.123 e. The summed E-state index contributed by atoms with van der Waals surface area (Å²) in [4.78, 5) is 11.4. The summed E-state index contributed by atoms with van der Waals surface area (Å²) in [5.41, 5.74) is 3.08. The Labute approximate surface area is 152 Å². The van der Waals surface area contributed by atoms with Gasteiger partial charge in [-0.2, -0.15) is 0 Å². The zero-order valence-corrected chi connectivity index (χ0v) is 16.3. The zero-order valence-electron chi connectivity index (χ0n) is 16.3. The summed E-state index contributed by atoms with van der Waals surface area (Å²) in [6.07, 6.45) is 10.4. The zero-order chi connectivity index (χ0) is 18.0. The Kier molecular flexibility index (Phi) is 4.09. The molecule has 2 nitrogen and oxygen atoms in total. The highest BCUT2D eigenvalue weighted by atomic mass is 16.3. The third-order valence-corrected chi connectivity index (χ3v) is 9.05. The third-order valence-electron chi connectivity index (χ3n) is 9.05. The van der Waals surface area contributed by atoms with Crippen molar-refractivity contribution >= 4 is 5.94 Å². The lowest BCUT2D eigenvalue weighted by molar-refractivity contribution is -0.0455. The van der Waals surface area contributed by atoms with Gasteiger partial charge in [0.25, 0.3) is 0 Å². The van der Waals surface area contributed by atoms with Gasteiger partial charge in [-0.3, -0.25) is 0 Å². The van der Waals surface area contributed by atoms with Crippen LogP contribution in [0.4, 0.5) is 0 Å². The molecule has 4 aliphatic carbocycles. The smallest absolute Gasteiger partial charge is 0.123 e. The van der Waals surface area contributed by atoms with Gasteiger partial charge in [0, 0.05) is 5.57 Å². The lowest BCUT2D eigenvalue weighted by atomic mass is 9.47. The van der Waals surface area contributed by atoms with Crippen LogP contribution in [0.25, 0.3) is 0 Å². The molecule has 8 atom stereocenters.